The summed E-state index contributed by atoms with van der Waals surface area (Å²) in [5.41, 5.74) is 3.68. The summed E-state index contributed by atoms with van der Waals surface area (Å²) in [6.45, 7) is 1.41. The molecule has 2 aromatic carbocycles. The van der Waals surface area contributed by atoms with Crippen molar-refractivity contribution in [2.45, 2.75) is 37.5 Å². The molecule has 6 heteroatoms. The van der Waals surface area contributed by atoms with Gasteiger partial charge in [-0.2, -0.15) is 0 Å². The second kappa shape index (κ2) is 6.65. The summed E-state index contributed by atoms with van der Waals surface area (Å²) in [5.74, 6) is -0.196. The number of nitrogens with one attached hydrogen (secondary N) is 2. The van der Waals surface area contributed by atoms with E-state index in [1.807, 2.05) is 18.2 Å². The first kappa shape index (κ1) is 16.5. The molecule has 0 atom stereocenters. The Morgan fingerprint density at radius 1 is 0.917 bits per heavy atom. The summed E-state index contributed by atoms with van der Waals surface area (Å²) < 4.78 is 27.6. The van der Waals surface area contributed by atoms with Gasteiger partial charge >= 0.3 is 0 Å². The topological polar surface area (TPSA) is 75.3 Å². The predicted octanol–water partition coefficient (Wildman–Crippen LogP) is 3.32. The molecule has 126 valence electrons. The number of amides is 1. The monoisotopic (exact) mass is 344 g/mol. The van der Waals surface area contributed by atoms with Crippen LogP contribution in [0.3, 0.4) is 0 Å². The third-order valence-electron chi connectivity index (χ3n) is 4.09. The Morgan fingerprint density at radius 3 is 2.21 bits per heavy atom. The molecular weight excluding hydrogens is 324 g/mol. The van der Waals surface area contributed by atoms with Gasteiger partial charge in [0, 0.05) is 18.3 Å². The van der Waals surface area contributed by atoms with Crippen molar-refractivity contribution in [1.82, 2.24) is 0 Å². The van der Waals surface area contributed by atoms with E-state index in [0.717, 1.165) is 19.3 Å². The summed E-state index contributed by atoms with van der Waals surface area (Å²) >= 11 is 0. The smallest absolute Gasteiger partial charge is 0.261 e. The van der Waals surface area contributed by atoms with Gasteiger partial charge in [-0.05, 0) is 73.2 Å². The Labute approximate surface area is 142 Å². The number of rotatable bonds is 4. The maximum Gasteiger partial charge on any atom is 0.261 e. The second-order valence-corrected chi connectivity index (χ2v) is 7.68. The molecule has 1 amide bonds. The Morgan fingerprint density at radius 2 is 1.54 bits per heavy atom. The molecule has 24 heavy (non-hydrogen) atoms. The summed E-state index contributed by atoms with van der Waals surface area (Å²) in [7, 11) is -3.65. The summed E-state index contributed by atoms with van der Waals surface area (Å²) in [6.07, 6.45) is 4.40. The number of aryl methyl sites for hydroxylation is 2. The van der Waals surface area contributed by atoms with Crippen LogP contribution in [0.1, 0.15) is 30.9 Å². The maximum atomic E-state index is 12.5. The molecule has 0 saturated heterocycles. The molecule has 1 aliphatic rings. The van der Waals surface area contributed by atoms with E-state index in [4.69, 9.17) is 0 Å². The van der Waals surface area contributed by atoms with E-state index in [0.29, 0.717) is 11.4 Å². The Bertz CT molecular complexity index is 858. The first-order valence-electron chi connectivity index (χ1n) is 7.96. The largest absolute Gasteiger partial charge is 0.326 e. The summed E-state index contributed by atoms with van der Waals surface area (Å²) in [5, 5.41) is 2.61. The van der Waals surface area contributed by atoms with Crippen molar-refractivity contribution in [2.24, 2.45) is 0 Å². The molecule has 0 bridgehead atoms. The Balaban J connectivity index is 1.79. The lowest BCUT2D eigenvalue weighted by Gasteiger charge is -2.17. The summed E-state index contributed by atoms with van der Waals surface area (Å²) in [6, 6.07) is 11.8. The van der Waals surface area contributed by atoms with E-state index in [-0.39, 0.29) is 10.8 Å². The number of anilines is 2. The van der Waals surface area contributed by atoms with Crippen LogP contribution in [0.2, 0.25) is 0 Å². The Hall–Kier alpha value is -2.34. The molecule has 0 unspecified atom stereocenters. The van der Waals surface area contributed by atoms with Crippen molar-refractivity contribution >= 4 is 27.3 Å². The van der Waals surface area contributed by atoms with Crippen LogP contribution in [0.25, 0.3) is 0 Å². The Kier molecular flexibility index (Phi) is 4.57. The van der Waals surface area contributed by atoms with Crippen molar-refractivity contribution < 1.29 is 13.2 Å². The fraction of sp³-hybridized carbons (Fsp3) is 0.278. The van der Waals surface area contributed by atoms with Gasteiger partial charge in [0.25, 0.3) is 10.0 Å². The molecule has 0 fully saturated rings. The van der Waals surface area contributed by atoms with E-state index >= 15 is 0 Å². The molecule has 0 aromatic heterocycles. The van der Waals surface area contributed by atoms with E-state index in [1.165, 1.54) is 36.6 Å². The van der Waals surface area contributed by atoms with Crippen LogP contribution in [0.4, 0.5) is 11.4 Å². The van der Waals surface area contributed by atoms with Crippen LogP contribution in [0.15, 0.2) is 47.4 Å². The molecule has 3 rings (SSSR count). The van der Waals surface area contributed by atoms with Gasteiger partial charge in [-0.3, -0.25) is 9.52 Å². The highest BCUT2D eigenvalue weighted by molar-refractivity contribution is 7.92. The van der Waals surface area contributed by atoms with Crippen molar-refractivity contribution in [2.75, 3.05) is 10.0 Å². The summed E-state index contributed by atoms with van der Waals surface area (Å²) in [4.78, 5) is 11.2. The molecule has 1 aliphatic carbocycles. The third kappa shape index (κ3) is 3.76. The van der Waals surface area contributed by atoms with Gasteiger partial charge in [0.2, 0.25) is 5.91 Å². The molecular formula is C18H20N2O3S. The predicted molar refractivity (Wildman–Crippen MR) is 94.6 cm³/mol. The minimum atomic E-state index is -3.65. The van der Waals surface area contributed by atoms with Crippen LogP contribution in [0.5, 0.6) is 0 Å². The van der Waals surface area contributed by atoms with Crippen LogP contribution < -0.4 is 10.0 Å². The minimum Gasteiger partial charge on any atom is -0.326 e. The number of hydrogen-bond acceptors (Lipinski definition) is 3. The fourth-order valence-electron chi connectivity index (χ4n) is 2.93. The highest BCUT2D eigenvalue weighted by Crippen LogP contribution is 2.26. The van der Waals surface area contributed by atoms with Gasteiger partial charge in [-0.25, -0.2) is 8.42 Å². The van der Waals surface area contributed by atoms with Gasteiger partial charge in [0.05, 0.1) is 4.90 Å². The lowest BCUT2D eigenvalue weighted by Crippen LogP contribution is -2.14. The number of hydrogen-bond donors (Lipinski definition) is 2. The van der Waals surface area contributed by atoms with Gasteiger partial charge in [-0.15, -0.1) is 0 Å². The number of fused-ring (bicyclic) bond motifs is 1. The van der Waals surface area contributed by atoms with Crippen molar-refractivity contribution in [3.63, 3.8) is 0 Å². The molecule has 0 heterocycles. The first-order valence-corrected chi connectivity index (χ1v) is 9.45. The van der Waals surface area contributed by atoms with Crippen LogP contribution in [0, 0.1) is 0 Å². The molecule has 0 aliphatic heterocycles. The number of carbonyl (C=O) groups is 1. The molecule has 5 nitrogen and oxygen atoms in total. The van der Waals surface area contributed by atoms with Crippen LogP contribution in [-0.4, -0.2) is 14.3 Å². The molecule has 0 saturated carbocycles. The van der Waals surface area contributed by atoms with Crippen LogP contribution in [-0.2, 0) is 27.7 Å². The number of benzene rings is 2. The van der Waals surface area contributed by atoms with E-state index in [9.17, 15) is 13.2 Å². The zero-order chi connectivity index (χ0) is 17.2. The van der Waals surface area contributed by atoms with Crippen LogP contribution >= 0.6 is 0 Å². The second-order valence-electron chi connectivity index (χ2n) is 6.00. The lowest BCUT2D eigenvalue weighted by atomic mass is 9.91. The molecule has 2 aromatic rings. The van der Waals surface area contributed by atoms with E-state index in [1.54, 1.807) is 12.1 Å². The zero-order valence-corrected chi connectivity index (χ0v) is 14.3. The van der Waals surface area contributed by atoms with Gasteiger partial charge in [0.15, 0.2) is 0 Å². The normalized spacial score (nSPS) is 13.9. The maximum absolute atomic E-state index is 12.5. The lowest BCUT2D eigenvalue weighted by molar-refractivity contribution is -0.114. The van der Waals surface area contributed by atoms with E-state index < -0.39 is 10.0 Å². The number of carbonyl (C=O) groups excluding carboxylic acids is 1. The zero-order valence-electron chi connectivity index (χ0n) is 13.5. The third-order valence-corrected chi connectivity index (χ3v) is 5.48. The highest BCUT2D eigenvalue weighted by atomic mass is 32.2. The van der Waals surface area contributed by atoms with Crippen molar-refractivity contribution in [3.8, 4) is 0 Å². The first-order chi connectivity index (χ1) is 11.4. The van der Waals surface area contributed by atoms with Crippen molar-refractivity contribution in [3.05, 3.63) is 53.6 Å². The minimum absolute atomic E-state index is 0.161. The fourth-order valence-corrected chi connectivity index (χ4v) is 3.98. The van der Waals surface area contributed by atoms with Gasteiger partial charge in [-0.1, -0.05) is 6.07 Å². The quantitative estimate of drug-likeness (QED) is 0.893. The number of sulfonamides is 1. The standard InChI is InChI=1S/C18H20N2O3S/c1-13(21)19-16-8-10-18(11-9-16)24(22,23)20-17-7-6-14-4-2-3-5-15(14)12-17/h6-12,20H,2-5H2,1H3,(H,19,21). The SMILES string of the molecule is CC(=O)Nc1ccc(S(=O)(=O)Nc2ccc3c(c2)CCCC3)cc1. The van der Waals surface area contributed by atoms with Gasteiger partial charge in [0.1, 0.15) is 0 Å². The highest BCUT2D eigenvalue weighted by Gasteiger charge is 2.16. The van der Waals surface area contributed by atoms with E-state index in [2.05, 4.69) is 10.0 Å². The molecule has 2 N–H and O–H groups in total. The molecule has 0 radical (unpaired) electrons. The van der Waals surface area contributed by atoms with Crippen molar-refractivity contribution in [1.29, 1.82) is 0 Å². The van der Waals surface area contributed by atoms with Gasteiger partial charge < -0.3 is 5.32 Å². The average Bonchev–Trinajstić information content (AvgIpc) is 2.54. The molecule has 0 spiro atoms. The average molecular weight is 344 g/mol.